The fraction of sp³-hybridized carbons (Fsp3) is 0.463. The van der Waals surface area contributed by atoms with Crippen molar-refractivity contribution in [3.8, 4) is 5.75 Å². The summed E-state index contributed by atoms with van der Waals surface area (Å²) in [5.41, 5.74) is 3.37. The minimum atomic E-state index is -0.669. The summed E-state index contributed by atoms with van der Waals surface area (Å²) in [6.45, 7) is 9.90. The van der Waals surface area contributed by atoms with Crippen molar-refractivity contribution >= 4 is 45.1 Å². The molecule has 0 radical (unpaired) electrons. The minimum absolute atomic E-state index is 0.0117. The summed E-state index contributed by atoms with van der Waals surface area (Å²) in [7, 11) is 1.69. The number of hydrogen-bond acceptors (Lipinski definition) is 4. The molecule has 0 amide bonds. The molecule has 1 aliphatic heterocycles. The second-order valence-corrected chi connectivity index (χ2v) is 15.4. The molecule has 5 heteroatoms. The molecule has 1 fully saturated rings. The van der Waals surface area contributed by atoms with E-state index in [2.05, 4.69) is 99.0 Å². The monoisotopic (exact) mass is 637 g/mol. The van der Waals surface area contributed by atoms with Crippen LogP contribution in [0.4, 0.5) is 0 Å². The fourth-order valence-electron chi connectivity index (χ4n) is 7.24. The second kappa shape index (κ2) is 14.0. The van der Waals surface area contributed by atoms with Crippen LogP contribution >= 0.6 is 11.8 Å². The Morgan fingerprint density at radius 2 is 1.52 bits per heavy atom. The number of thioether (sulfide) groups is 1. The number of aromatic nitrogens is 1. The van der Waals surface area contributed by atoms with E-state index in [4.69, 9.17) is 4.74 Å². The van der Waals surface area contributed by atoms with Crippen LogP contribution in [0.2, 0.25) is 0 Å². The van der Waals surface area contributed by atoms with Crippen molar-refractivity contribution in [2.24, 2.45) is 17.3 Å². The predicted molar refractivity (Wildman–Crippen MR) is 195 cm³/mol. The van der Waals surface area contributed by atoms with Gasteiger partial charge in [0.1, 0.15) is 5.75 Å². The van der Waals surface area contributed by atoms with E-state index in [1.54, 1.807) is 18.9 Å². The minimum Gasteiger partial charge on any atom is -0.497 e. The van der Waals surface area contributed by atoms with E-state index < -0.39 is 12.2 Å². The molecule has 2 N–H and O–H groups in total. The smallest absolute Gasteiger partial charge is 0.119 e. The summed E-state index contributed by atoms with van der Waals surface area (Å²) in [5.74, 6) is 0.121. The maximum absolute atomic E-state index is 11.6. The molecule has 4 aromatic rings. The molecule has 0 spiro atoms. The van der Waals surface area contributed by atoms with Crippen LogP contribution in [-0.4, -0.2) is 34.1 Å². The van der Waals surface area contributed by atoms with Gasteiger partial charge in [-0.05, 0) is 63.6 Å². The SMILES string of the molecule is CCCCCCCCCCn1/c(=C\C2C(O)C(/C=C3\C=C(C(C)(C)C)Sc4ccc(OC)cc43)C2O)c2cccc3cccc1c32. The predicted octanol–water partition coefficient (Wildman–Crippen LogP) is 9.53. The zero-order chi connectivity index (χ0) is 32.4. The van der Waals surface area contributed by atoms with Crippen LogP contribution in [0.3, 0.4) is 0 Å². The molecule has 6 rings (SSSR count). The highest BCUT2D eigenvalue weighted by molar-refractivity contribution is 8.03. The van der Waals surface area contributed by atoms with Crippen LogP contribution in [0.15, 0.2) is 76.5 Å². The molecule has 46 heavy (non-hydrogen) atoms. The summed E-state index contributed by atoms with van der Waals surface area (Å²) in [5, 5.41) is 28.1. The normalized spacial score (nSPS) is 22.8. The summed E-state index contributed by atoms with van der Waals surface area (Å²) >= 11 is 1.79. The summed E-state index contributed by atoms with van der Waals surface area (Å²) < 4.78 is 8.00. The van der Waals surface area contributed by atoms with E-state index in [0.29, 0.717) is 0 Å². The lowest BCUT2D eigenvalue weighted by molar-refractivity contribution is -0.103. The molecule has 2 atom stereocenters. The number of fused-ring (bicyclic) bond motifs is 1. The van der Waals surface area contributed by atoms with Crippen LogP contribution in [0, 0.1) is 17.3 Å². The summed E-state index contributed by atoms with van der Waals surface area (Å²) in [6, 6.07) is 19.3. The third-order valence-corrected chi connectivity index (χ3v) is 11.5. The number of benzene rings is 3. The van der Waals surface area contributed by atoms with Crippen molar-refractivity contribution in [3.05, 3.63) is 82.6 Å². The first-order valence-corrected chi connectivity index (χ1v) is 18.2. The Bertz CT molecular complexity index is 1780. The van der Waals surface area contributed by atoms with E-state index >= 15 is 0 Å². The van der Waals surface area contributed by atoms with Gasteiger partial charge in [-0.25, -0.2) is 0 Å². The van der Waals surface area contributed by atoms with Gasteiger partial charge in [0.25, 0.3) is 0 Å². The van der Waals surface area contributed by atoms with Gasteiger partial charge >= 0.3 is 0 Å². The molecule has 2 heterocycles. The van der Waals surface area contributed by atoms with Gasteiger partial charge in [-0.15, -0.1) is 0 Å². The van der Waals surface area contributed by atoms with E-state index in [1.807, 2.05) is 6.07 Å². The topological polar surface area (TPSA) is 54.6 Å². The number of rotatable bonds is 12. The highest BCUT2D eigenvalue weighted by Crippen LogP contribution is 2.49. The van der Waals surface area contributed by atoms with Gasteiger partial charge in [0, 0.05) is 44.9 Å². The third kappa shape index (κ3) is 6.56. The number of methoxy groups -OCH3 is 1. The molecule has 4 nitrogen and oxygen atoms in total. The molecule has 2 unspecified atom stereocenters. The Hall–Kier alpha value is -2.99. The average Bonchev–Trinajstić information content (AvgIpc) is 3.36. The molecular formula is C41H51NO3S. The lowest BCUT2D eigenvalue weighted by Crippen LogP contribution is -2.54. The van der Waals surface area contributed by atoms with Gasteiger partial charge in [-0.3, -0.25) is 0 Å². The number of allylic oxidation sites excluding steroid dienone is 3. The average molecular weight is 638 g/mol. The number of ether oxygens (including phenoxy) is 1. The molecule has 0 bridgehead atoms. The van der Waals surface area contributed by atoms with E-state index in [0.717, 1.165) is 35.2 Å². The number of unbranched alkanes of at least 4 members (excludes halogenated alkanes) is 7. The summed E-state index contributed by atoms with van der Waals surface area (Å²) in [6.07, 6.45) is 15.4. The highest BCUT2D eigenvalue weighted by Gasteiger charge is 2.47. The molecule has 0 saturated heterocycles. The number of aryl methyl sites for hydroxylation is 1. The Morgan fingerprint density at radius 3 is 2.22 bits per heavy atom. The number of aliphatic hydroxyl groups excluding tert-OH is 2. The fourth-order valence-corrected chi connectivity index (χ4v) is 8.39. The highest BCUT2D eigenvalue weighted by atomic mass is 32.2. The Labute approximate surface area is 279 Å². The van der Waals surface area contributed by atoms with E-state index in [9.17, 15) is 10.2 Å². The molecule has 1 aromatic heterocycles. The zero-order valence-electron chi connectivity index (χ0n) is 28.3. The van der Waals surface area contributed by atoms with E-state index in [-0.39, 0.29) is 17.3 Å². The van der Waals surface area contributed by atoms with Gasteiger partial charge in [0.05, 0.1) is 19.3 Å². The Kier molecular flexibility index (Phi) is 10.0. The molecule has 2 aliphatic rings. The maximum Gasteiger partial charge on any atom is 0.119 e. The summed E-state index contributed by atoms with van der Waals surface area (Å²) in [4.78, 5) is 2.45. The molecule has 244 valence electrons. The molecular weight excluding hydrogens is 587 g/mol. The van der Waals surface area contributed by atoms with Gasteiger partial charge in [0.2, 0.25) is 0 Å². The van der Waals surface area contributed by atoms with Crippen molar-refractivity contribution in [1.82, 2.24) is 4.57 Å². The van der Waals surface area contributed by atoms with Crippen molar-refractivity contribution in [1.29, 1.82) is 0 Å². The Morgan fingerprint density at radius 1 is 0.848 bits per heavy atom. The van der Waals surface area contributed by atoms with Gasteiger partial charge in [-0.2, -0.15) is 0 Å². The van der Waals surface area contributed by atoms with Crippen molar-refractivity contribution in [2.45, 2.75) is 103 Å². The van der Waals surface area contributed by atoms with Gasteiger partial charge in [-0.1, -0.05) is 127 Å². The standard InChI is InChI=1S/C41H51NO3S/c1-6-7-8-9-10-11-12-13-22-42-34-19-15-17-27-16-14-18-30(38(27)34)35(42)26-33-39(43)32(40(33)44)23-28-24-37(41(2,3)4)46-36-21-20-29(45-5)25-31(28)36/h14-21,23-26,32-33,39-40,43-44H,6-13,22H2,1-5H3/b28-23+,35-26-. The first-order valence-electron chi connectivity index (χ1n) is 17.4. The third-order valence-electron chi connectivity index (χ3n) is 10.0. The van der Waals surface area contributed by atoms with Crippen molar-refractivity contribution in [3.63, 3.8) is 0 Å². The zero-order valence-corrected chi connectivity index (χ0v) is 29.1. The second-order valence-electron chi connectivity index (χ2n) is 14.3. The van der Waals surface area contributed by atoms with Crippen LogP contribution in [0.25, 0.3) is 33.3 Å². The first kappa shape index (κ1) is 32.9. The van der Waals surface area contributed by atoms with Gasteiger partial charge < -0.3 is 19.5 Å². The maximum atomic E-state index is 11.6. The van der Waals surface area contributed by atoms with Gasteiger partial charge in [0.15, 0.2) is 0 Å². The first-order chi connectivity index (χ1) is 22.2. The van der Waals surface area contributed by atoms with Crippen molar-refractivity contribution in [2.75, 3.05) is 7.11 Å². The van der Waals surface area contributed by atoms with E-state index in [1.165, 1.54) is 76.4 Å². The molecule has 3 aromatic carbocycles. The lowest BCUT2D eigenvalue weighted by atomic mass is 9.67. The lowest BCUT2D eigenvalue weighted by Gasteiger charge is -2.44. The molecule has 1 aliphatic carbocycles. The number of nitrogens with zero attached hydrogens (tertiary/aromatic N) is 1. The van der Waals surface area contributed by atoms with Crippen molar-refractivity contribution < 1.29 is 14.9 Å². The molecule has 1 saturated carbocycles. The van der Waals surface area contributed by atoms with Crippen LogP contribution in [0.5, 0.6) is 5.75 Å². The number of aliphatic hydroxyl groups is 2. The quantitative estimate of drug-likeness (QED) is 0.152. The van der Waals surface area contributed by atoms with Crippen LogP contribution in [0.1, 0.15) is 84.6 Å². The van der Waals surface area contributed by atoms with Crippen LogP contribution in [-0.2, 0) is 6.54 Å². The number of hydrogen-bond donors (Lipinski definition) is 2. The van der Waals surface area contributed by atoms with Crippen LogP contribution < -0.4 is 10.1 Å². The Balaban J connectivity index is 1.29. The largest absolute Gasteiger partial charge is 0.497 e.